The van der Waals surface area contributed by atoms with Crippen molar-refractivity contribution in [1.29, 1.82) is 0 Å². The van der Waals surface area contributed by atoms with E-state index < -0.39 is 0 Å². The van der Waals surface area contributed by atoms with Crippen LogP contribution in [0.4, 0.5) is 10.1 Å². The van der Waals surface area contributed by atoms with Gasteiger partial charge in [-0.3, -0.25) is 0 Å². The number of anilines is 1. The van der Waals surface area contributed by atoms with Gasteiger partial charge in [0.15, 0.2) is 0 Å². The summed E-state index contributed by atoms with van der Waals surface area (Å²) in [5.74, 6) is 0.522. The zero-order valence-corrected chi connectivity index (χ0v) is 13.5. The fourth-order valence-electron chi connectivity index (χ4n) is 3.73. The minimum atomic E-state index is -0.187. The van der Waals surface area contributed by atoms with Gasteiger partial charge in [-0.1, -0.05) is 6.42 Å². The van der Waals surface area contributed by atoms with Crippen molar-refractivity contribution in [2.24, 2.45) is 5.92 Å². The van der Waals surface area contributed by atoms with E-state index in [9.17, 15) is 4.39 Å². The first-order valence-corrected chi connectivity index (χ1v) is 8.40. The number of halogens is 2. The molecule has 2 N–H and O–H groups in total. The smallest absolute Gasteiger partial charge is 0.137 e. The van der Waals surface area contributed by atoms with Crippen LogP contribution in [0, 0.1) is 18.7 Å². The van der Waals surface area contributed by atoms with Crippen molar-refractivity contribution in [3.63, 3.8) is 0 Å². The second-order valence-corrected chi connectivity index (χ2v) is 6.98. The lowest BCUT2D eigenvalue weighted by molar-refractivity contribution is 0.376. The van der Waals surface area contributed by atoms with E-state index >= 15 is 0 Å². The molecule has 1 aliphatic heterocycles. The molecule has 110 valence electrons. The SMILES string of the molecule is Cc1cc(F)c(Br)cc1NC1CCCC1C1CCCN1. The van der Waals surface area contributed by atoms with Gasteiger partial charge in [-0.05, 0) is 78.7 Å². The molecule has 0 radical (unpaired) electrons. The maximum absolute atomic E-state index is 13.5. The van der Waals surface area contributed by atoms with E-state index in [1.165, 1.54) is 32.1 Å². The topological polar surface area (TPSA) is 24.1 Å². The molecular weight excluding hydrogens is 319 g/mol. The molecule has 3 rings (SSSR count). The molecule has 2 nitrogen and oxygen atoms in total. The Bertz CT molecular complexity index is 486. The average Bonchev–Trinajstić information content (AvgIpc) is 3.06. The van der Waals surface area contributed by atoms with Crippen LogP contribution in [0.1, 0.15) is 37.7 Å². The third-order valence-electron chi connectivity index (χ3n) is 4.79. The third kappa shape index (κ3) is 2.86. The molecule has 0 bridgehead atoms. The van der Waals surface area contributed by atoms with Crippen molar-refractivity contribution in [3.05, 3.63) is 28.0 Å². The highest BCUT2D eigenvalue weighted by molar-refractivity contribution is 9.10. The van der Waals surface area contributed by atoms with Gasteiger partial charge in [0.05, 0.1) is 4.47 Å². The quantitative estimate of drug-likeness (QED) is 0.860. The number of nitrogens with one attached hydrogen (secondary N) is 2. The highest BCUT2D eigenvalue weighted by atomic mass is 79.9. The normalized spacial score (nSPS) is 29.9. The minimum absolute atomic E-state index is 0.187. The van der Waals surface area contributed by atoms with Gasteiger partial charge in [-0.2, -0.15) is 0 Å². The Hall–Kier alpha value is -0.610. The molecule has 1 aromatic carbocycles. The first-order valence-electron chi connectivity index (χ1n) is 7.60. The standard InChI is InChI=1S/C16H22BrFN2/c1-10-8-13(18)12(17)9-16(10)20-15-5-2-4-11(15)14-6-3-7-19-14/h8-9,11,14-15,19-20H,2-7H2,1H3. The molecule has 0 amide bonds. The number of hydrogen-bond acceptors (Lipinski definition) is 2. The fourth-order valence-corrected chi connectivity index (χ4v) is 4.07. The van der Waals surface area contributed by atoms with Crippen molar-refractivity contribution >= 4 is 21.6 Å². The number of rotatable bonds is 3. The predicted molar refractivity (Wildman–Crippen MR) is 84.6 cm³/mol. The molecule has 3 unspecified atom stereocenters. The molecule has 0 aromatic heterocycles. The zero-order chi connectivity index (χ0) is 14.1. The van der Waals surface area contributed by atoms with Gasteiger partial charge in [0.1, 0.15) is 5.82 Å². The summed E-state index contributed by atoms with van der Waals surface area (Å²) in [7, 11) is 0. The van der Waals surface area contributed by atoms with E-state index in [1.54, 1.807) is 6.07 Å². The Morgan fingerprint density at radius 3 is 2.85 bits per heavy atom. The summed E-state index contributed by atoms with van der Waals surface area (Å²) in [5.41, 5.74) is 2.05. The highest BCUT2D eigenvalue weighted by Crippen LogP contribution is 2.35. The molecule has 2 fully saturated rings. The second-order valence-electron chi connectivity index (χ2n) is 6.13. The molecule has 20 heavy (non-hydrogen) atoms. The summed E-state index contributed by atoms with van der Waals surface area (Å²) in [6.07, 6.45) is 6.42. The molecular formula is C16H22BrFN2. The van der Waals surface area contributed by atoms with Gasteiger partial charge in [0.2, 0.25) is 0 Å². The Morgan fingerprint density at radius 1 is 1.25 bits per heavy atom. The van der Waals surface area contributed by atoms with Crippen LogP contribution in [0.3, 0.4) is 0 Å². The number of aryl methyl sites for hydroxylation is 1. The maximum atomic E-state index is 13.5. The molecule has 0 spiro atoms. The largest absolute Gasteiger partial charge is 0.382 e. The van der Waals surface area contributed by atoms with Crippen molar-refractivity contribution in [3.8, 4) is 0 Å². The highest BCUT2D eigenvalue weighted by Gasteiger charge is 2.35. The van der Waals surface area contributed by atoms with Gasteiger partial charge in [0.25, 0.3) is 0 Å². The molecule has 4 heteroatoms. The Labute approximate surface area is 128 Å². The fraction of sp³-hybridized carbons (Fsp3) is 0.625. The lowest BCUT2D eigenvalue weighted by Gasteiger charge is -2.28. The molecule has 1 saturated carbocycles. The van der Waals surface area contributed by atoms with E-state index in [4.69, 9.17) is 0 Å². The van der Waals surface area contributed by atoms with Crippen LogP contribution in [0.25, 0.3) is 0 Å². The van der Waals surface area contributed by atoms with E-state index in [0.29, 0.717) is 22.5 Å². The average molecular weight is 341 g/mol. The van der Waals surface area contributed by atoms with Crippen LogP contribution in [0.2, 0.25) is 0 Å². The van der Waals surface area contributed by atoms with Crippen molar-refractivity contribution in [2.75, 3.05) is 11.9 Å². The summed E-state index contributed by atoms with van der Waals surface area (Å²) in [4.78, 5) is 0. The predicted octanol–water partition coefficient (Wildman–Crippen LogP) is 4.23. The van der Waals surface area contributed by atoms with Crippen LogP contribution in [-0.4, -0.2) is 18.6 Å². The third-order valence-corrected chi connectivity index (χ3v) is 5.40. The number of benzene rings is 1. The Balaban J connectivity index is 1.74. The monoisotopic (exact) mass is 340 g/mol. The second kappa shape index (κ2) is 6.02. The first kappa shape index (κ1) is 14.3. The van der Waals surface area contributed by atoms with E-state index in [-0.39, 0.29) is 5.82 Å². The van der Waals surface area contributed by atoms with Crippen LogP contribution < -0.4 is 10.6 Å². The van der Waals surface area contributed by atoms with Crippen molar-refractivity contribution in [2.45, 2.75) is 51.1 Å². The zero-order valence-electron chi connectivity index (χ0n) is 11.9. The molecule has 1 aliphatic carbocycles. The molecule has 1 heterocycles. The van der Waals surface area contributed by atoms with Crippen molar-refractivity contribution in [1.82, 2.24) is 5.32 Å². The summed E-state index contributed by atoms with van der Waals surface area (Å²) in [6, 6.07) is 4.66. The summed E-state index contributed by atoms with van der Waals surface area (Å²) in [6.45, 7) is 3.13. The van der Waals surface area contributed by atoms with Crippen molar-refractivity contribution < 1.29 is 4.39 Å². The van der Waals surface area contributed by atoms with E-state index in [0.717, 1.165) is 17.8 Å². The summed E-state index contributed by atoms with van der Waals surface area (Å²) < 4.78 is 14.1. The van der Waals surface area contributed by atoms with E-state index in [1.807, 2.05) is 13.0 Å². The molecule has 2 aliphatic rings. The van der Waals surface area contributed by atoms with Gasteiger partial charge in [-0.25, -0.2) is 4.39 Å². The first-order chi connectivity index (χ1) is 9.65. The lowest BCUT2D eigenvalue weighted by atomic mass is 9.93. The van der Waals surface area contributed by atoms with Gasteiger partial charge in [-0.15, -0.1) is 0 Å². The van der Waals surface area contributed by atoms with Crippen LogP contribution in [-0.2, 0) is 0 Å². The van der Waals surface area contributed by atoms with Gasteiger partial charge < -0.3 is 10.6 Å². The van der Waals surface area contributed by atoms with Crippen LogP contribution in [0.15, 0.2) is 16.6 Å². The maximum Gasteiger partial charge on any atom is 0.137 e. The van der Waals surface area contributed by atoms with Crippen LogP contribution in [0.5, 0.6) is 0 Å². The van der Waals surface area contributed by atoms with E-state index in [2.05, 4.69) is 26.6 Å². The number of hydrogen-bond donors (Lipinski definition) is 2. The Kier molecular flexibility index (Phi) is 4.32. The Morgan fingerprint density at radius 2 is 2.10 bits per heavy atom. The van der Waals surface area contributed by atoms with Gasteiger partial charge >= 0.3 is 0 Å². The van der Waals surface area contributed by atoms with Gasteiger partial charge in [0, 0.05) is 17.8 Å². The van der Waals surface area contributed by atoms with Crippen LogP contribution >= 0.6 is 15.9 Å². The molecule has 1 aromatic rings. The minimum Gasteiger partial charge on any atom is -0.382 e. The lowest BCUT2D eigenvalue weighted by Crippen LogP contribution is -2.38. The summed E-state index contributed by atoms with van der Waals surface area (Å²) in [5, 5.41) is 7.31. The molecule has 1 saturated heterocycles. The molecule has 3 atom stereocenters. The summed E-state index contributed by atoms with van der Waals surface area (Å²) >= 11 is 3.28.